The fourth-order valence-electron chi connectivity index (χ4n) is 1.91. The third-order valence-electron chi connectivity index (χ3n) is 3.28. The van der Waals surface area contributed by atoms with Gasteiger partial charge in [0.05, 0.1) is 5.56 Å². The third-order valence-corrected chi connectivity index (χ3v) is 3.28. The Hall–Kier alpha value is -2.76. The van der Waals surface area contributed by atoms with Crippen molar-refractivity contribution in [2.24, 2.45) is 0 Å². The number of benzene rings is 1. The minimum Gasteiger partial charge on any atom is -0.354 e. The first-order valence-corrected chi connectivity index (χ1v) is 7.58. The Morgan fingerprint density at radius 2 is 1.70 bits per heavy atom. The molecule has 1 amide bonds. The number of unbranched alkanes of at least 4 members (excludes halogenated alkanes) is 1. The lowest BCUT2D eigenvalue weighted by molar-refractivity contribution is 0.101. The molecular weight excluding hydrogens is 292 g/mol. The number of hydrogen-bond acceptors (Lipinski definition) is 5. The van der Waals surface area contributed by atoms with E-state index in [1.54, 1.807) is 24.3 Å². The second-order valence-electron chi connectivity index (χ2n) is 5.16. The zero-order valence-corrected chi connectivity index (χ0v) is 13.3. The van der Waals surface area contributed by atoms with E-state index >= 15 is 0 Å². The van der Waals surface area contributed by atoms with Crippen molar-refractivity contribution in [1.82, 2.24) is 9.97 Å². The minimum absolute atomic E-state index is 0.0116. The van der Waals surface area contributed by atoms with Gasteiger partial charge in [-0.05, 0) is 37.6 Å². The normalized spacial score (nSPS) is 10.2. The molecule has 2 N–H and O–H groups in total. The highest BCUT2D eigenvalue weighted by atomic mass is 16.1. The lowest BCUT2D eigenvalue weighted by Gasteiger charge is -2.07. The molecule has 23 heavy (non-hydrogen) atoms. The Balaban J connectivity index is 1.96. The van der Waals surface area contributed by atoms with Crippen LogP contribution in [0.1, 0.15) is 47.4 Å². The molecule has 0 aliphatic carbocycles. The van der Waals surface area contributed by atoms with E-state index in [4.69, 9.17) is 0 Å². The van der Waals surface area contributed by atoms with Crippen LogP contribution in [-0.2, 0) is 0 Å². The van der Waals surface area contributed by atoms with E-state index in [2.05, 4.69) is 27.5 Å². The SMILES string of the molecule is CCCCNc1ncc(C(=O)Nc2ccc(C(C)=O)cc2)cn1. The van der Waals surface area contributed by atoms with Gasteiger partial charge in [-0.3, -0.25) is 9.59 Å². The summed E-state index contributed by atoms with van der Waals surface area (Å²) in [5, 5.41) is 5.84. The van der Waals surface area contributed by atoms with E-state index in [0.717, 1.165) is 19.4 Å². The fraction of sp³-hybridized carbons (Fsp3) is 0.294. The molecule has 1 heterocycles. The van der Waals surface area contributed by atoms with Gasteiger partial charge in [0.2, 0.25) is 5.95 Å². The van der Waals surface area contributed by atoms with Crippen LogP contribution in [0.3, 0.4) is 0 Å². The maximum Gasteiger partial charge on any atom is 0.258 e. The minimum atomic E-state index is -0.291. The van der Waals surface area contributed by atoms with Crippen LogP contribution in [0.25, 0.3) is 0 Å². The highest BCUT2D eigenvalue weighted by Gasteiger charge is 2.08. The van der Waals surface area contributed by atoms with Gasteiger partial charge in [0.1, 0.15) is 0 Å². The summed E-state index contributed by atoms with van der Waals surface area (Å²) in [6.07, 6.45) is 5.11. The summed E-state index contributed by atoms with van der Waals surface area (Å²) in [5.41, 5.74) is 1.60. The quantitative estimate of drug-likeness (QED) is 0.606. The predicted molar refractivity (Wildman–Crippen MR) is 89.8 cm³/mol. The summed E-state index contributed by atoms with van der Waals surface area (Å²) < 4.78 is 0. The van der Waals surface area contributed by atoms with E-state index in [9.17, 15) is 9.59 Å². The molecule has 0 aliphatic rings. The van der Waals surface area contributed by atoms with Crippen molar-refractivity contribution in [3.63, 3.8) is 0 Å². The van der Waals surface area contributed by atoms with Gasteiger partial charge in [0.15, 0.2) is 5.78 Å². The molecule has 0 fully saturated rings. The molecule has 6 nitrogen and oxygen atoms in total. The van der Waals surface area contributed by atoms with E-state index in [0.29, 0.717) is 22.8 Å². The summed E-state index contributed by atoms with van der Waals surface area (Å²) in [7, 11) is 0. The molecule has 0 bridgehead atoms. The Kier molecular flexibility index (Phi) is 5.80. The number of nitrogens with zero attached hydrogens (tertiary/aromatic N) is 2. The van der Waals surface area contributed by atoms with E-state index in [1.165, 1.54) is 19.3 Å². The van der Waals surface area contributed by atoms with Crippen LogP contribution < -0.4 is 10.6 Å². The summed E-state index contributed by atoms with van der Waals surface area (Å²) in [4.78, 5) is 31.6. The van der Waals surface area contributed by atoms with Crippen molar-refractivity contribution in [3.8, 4) is 0 Å². The van der Waals surface area contributed by atoms with Crippen molar-refractivity contribution in [2.45, 2.75) is 26.7 Å². The number of rotatable bonds is 7. The second-order valence-corrected chi connectivity index (χ2v) is 5.16. The average Bonchev–Trinajstić information content (AvgIpc) is 2.56. The zero-order chi connectivity index (χ0) is 16.7. The first-order chi connectivity index (χ1) is 11.1. The van der Waals surface area contributed by atoms with Gasteiger partial charge in [0, 0.05) is 30.2 Å². The predicted octanol–water partition coefficient (Wildman–Crippen LogP) is 3.14. The summed E-state index contributed by atoms with van der Waals surface area (Å²) in [6.45, 7) is 4.42. The molecule has 0 radical (unpaired) electrons. The summed E-state index contributed by atoms with van der Waals surface area (Å²) in [5.74, 6) is 0.212. The van der Waals surface area contributed by atoms with Gasteiger partial charge in [-0.25, -0.2) is 9.97 Å². The maximum absolute atomic E-state index is 12.1. The van der Waals surface area contributed by atoms with Crippen LogP contribution in [0.4, 0.5) is 11.6 Å². The molecular formula is C17H20N4O2. The Bertz CT molecular complexity index is 666. The third kappa shape index (κ3) is 4.88. The number of ketones is 1. The number of aromatic nitrogens is 2. The van der Waals surface area contributed by atoms with E-state index in [1.807, 2.05) is 0 Å². The van der Waals surface area contributed by atoms with Crippen LogP contribution in [0.15, 0.2) is 36.7 Å². The first-order valence-electron chi connectivity index (χ1n) is 7.58. The van der Waals surface area contributed by atoms with Crippen molar-refractivity contribution < 1.29 is 9.59 Å². The topological polar surface area (TPSA) is 84.0 Å². The fourth-order valence-corrected chi connectivity index (χ4v) is 1.91. The van der Waals surface area contributed by atoms with Crippen LogP contribution in [0, 0.1) is 0 Å². The second kappa shape index (κ2) is 8.03. The summed E-state index contributed by atoms with van der Waals surface area (Å²) >= 11 is 0. The molecule has 1 aromatic heterocycles. The molecule has 0 spiro atoms. The largest absolute Gasteiger partial charge is 0.354 e. The van der Waals surface area contributed by atoms with Gasteiger partial charge in [-0.2, -0.15) is 0 Å². The molecule has 120 valence electrons. The number of hydrogen-bond donors (Lipinski definition) is 2. The van der Waals surface area contributed by atoms with Crippen LogP contribution in [-0.4, -0.2) is 28.2 Å². The average molecular weight is 312 g/mol. The standard InChI is InChI=1S/C17H20N4O2/c1-3-4-9-18-17-19-10-14(11-20-17)16(23)21-15-7-5-13(6-8-15)12(2)22/h5-8,10-11H,3-4,9H2,1-2H3,(H,21,23)(H,18,19,20). The smallest absolute Gasteiger partial charge is 0.258 e. The maximum atomic E-state index is 12.1. The van der Waals surface area contributed by atoms with E-state index in [-0.39, 0.29) is 11.7 Å². The molecule has 6 heteroatoms. The Morgan fingerprint density at radius 1 is 1.04 bits per heavy atom. The van der Waals surface area contributed by atoms with Gasteiger partial charge in [-0.15, -0.1) is 0 Å². The molecule has 0 atom stereocenters. The number of amides is 1. The van der Waals surface area contributed by atoms with Gasteiger partial charge >= 0.3 is 0 Å². The number of nitrogens with one attached hydrogen (secondary N) is 2. The summed E-state index contributed by atoms with van der Waals surface area (Å²) in [6, 6.07) is 6.73. The molecule has 0 aliphatic heterocycles. The molecule has 0 saturated carbocycles. The lowest BCUT2D eigenvalue weighted by atomic mass is 10.1. The molecule has 0 unspecified atom stereocenters. The molecule has 2 aromatic rings. The molecule has 1 aromatic carbocycles. The van der Waals surface area contributed by atoms with E-state index < -0.39 is 0 Å². The Morgan fingerprint density at radius 3 is 2.26 bits per heavy atom. The zero-order valence-electron chi connectivity index (χ0n) is 13.3. The lowest BCUT2D eigenvalue weighted by Crippen LogP contribution is -2.13. The van der Waals surface area contributed by atoms with Crippen molar-refractivity contribution >= 4 is 23.3 Å². The first kappa shape index (κ1) is 16.6. The van der Waals surface area contributed by atoms with Crippen molar-refractivity contribution in [3.05, 3.63) is 47.8 Å². The van der Waals surface area contributed by atoms with Crippen LogP contribution in [0.5, 0.6) is 0 Å². The Labute approximate surface area is 135 Å². The molecule has 2 rings (SSSR count). The van der Waals surface area contributed by atoms with Crippen molar-refractivity contribution in [2.75, 3.05) is 17.2 Å². The number of anilines is 2. The van der Waals surface area contributed by atoms with Crippen LogP contribution >= 0.6 is 0 Å². The number of Topliss-reactive ketones (excluding diaryl/α,β-unsaturated/α-hetero) is 1. The monoisotopic (exact) mass is 312 g/mol. The van der Waals surface area contributed by atoms with Crippen molar-refractivity contribution in [1.29, 1.82) is 0 Å². The number of carbonyl (C=O) groups is 2. The highest BCUT2D eigenvalue weighted by Crippen LogP contribution is 2.11. The highest BCUT2D eigenvalue weighted by molar-refractivity contribution is 6.04. The molecule has 0 saturated heterocycles. The van der Waals surface area contributed by atoms with Crippen LogP contribution in [0.2, 0.25) is 0 Å². The van der Waals surface area contributed by atoms with Gasteiger partial charge in [0.25, 0.3) is 5.91 Å². The number of carbonyl (C=O) groups excluding carboxylic acids is 2. The van der Waals surface area contributed by atoms with Gasteiger partial charge < -0.3 is 10.6 Å². The van der Waals surface area contributed by atoms with Gasteiger partial charge in [-0.1, -0.05) is 13.3 Å².